The van der Waals surface area contributed by atoms with Crippen molar-refractivity contribution >= 4 is 28.5 Å². The molecule has 5 rings (SSSR count). The third-order valence-electron chi connectivity index (χ3n) is 6.41. The van der Waals surface area contributed by atoms with Crippen molar-refractivity contribution in [2.45, 2.75) is 19.4 Å². The average molecular weight is 497 g/mol. The first-order valence-electron chi connectivity index (χ1n) is 11.7. The van der Waals surface area contributed by atoms with Gasteiger partial charge < -0.3 is 14.4 Å². The van der Waals surface area contributed by atoms with Gasteiger partial charge >= 0.3 is 5.97 Å². The highest BCUT2D eigenvalue weighted by Crippen LogP contribution is 2.37. The number of aromatic carboxylic acids is 1. The Morgan fingerprint density at radius 3 is 2.28 bits per heavy atom. The van der Waals surface area contributed by atoms with E-state index < -0.39 is 5.97 Å². The first-order valence-corrected chi connectivity index (χ1v) is 12.1. The van der Waals surface area contributed by atoms with E-state index in [-0.39, 0.29) is 11.6 Å². The Kier molecular flexibility index (Phi) is 6.74. The van der Waals surface area contributed by atoms with Crippen molar-refractivity contribution < 1.29 is 14.6 Å². The molecule has 0 spiro atoms. The molecule has 6 heteroatoms. The largest absolute Gasteiger partial charge is 0.478 e. The van der Waals surface area contributed by atoms with Crippen molar-refractivity contribution in [1.29, 1.82) is 0 Å². The van der Waals surface area contributed by atoms with Crippen molar-refractivity contribution in [2.75, 3.05) is 6.61 Å². The molecule has 0 bridgehead atoms. The molecular formula is C30H25ClN2O3. The second-order valence-electron chi connectivity index (χ2n) is 8.61. The maximum Gasteiger partial charge on any atom is 0.335 e. The number of rotatable bonds is 8. The minimum atomic E-state index is -1.01. The molecule has 0 unspecified atom stereocenters. The van der Waals surface area contributed by atoms with Gasteiger partial charge in [0.2, 0.25) is 5.88 Å². The number of halogens is 1. The lowest BCUT2D eigenvalue weighted by molar-refractivity contribution is 0.0696. The van der Waals surface area contributed by atoms with Gasteiger partial charge in [0.05, 0.1) is 18.2 Å². The van der Waals surface area contributed by atoms with Gasteiger partial charge in [-0.2, -0.15) is 0 Å². The van der Waals surface area contributed by atoms with E-state index in [1.807, 2.05) is 24.3 Å². The number of hydrogen-bond donors (Lipinski definition) is 1. The molecule has 2 aromatic heterocycles. The van der Waals surface area contributed by atoms with E-state index in [1.165, 1.54) is 29.5 Å². The molecule has 0 saturated heterocycles. The normalized spacial score (nSPS) is 11.2. The van der Waals surface area contributed by atoms with Crippen LogP contribution in [0, 0.1) is 6.92 Å². The van der Waals surface area contributed by atoms with E-state index in [4.69, 9.17) is 16.3 Å². The third kappa shape index (κ3) is 4.70. The zero-order chi connectivity index (χ0) is 25.1. The summed E-state index contributed by atoms with van der Waals surface area (Å²) in [6.45, 7) is 2.48. The number of carboxylic acids is 1. The van der Waals surface area contributed by atoms with Gasteiger partial charge in [0.1, 0.15) is 0 Å². The third-order valence-corrected chi connectivity index (χ3v) is 6.65. The molecule has 3 aromatic carbocycles. The Labute approximate surface area is 214 Å². The number of fused-ring (bicyclic) bond motifs is 1. The number of nitrogens with zero attached hydrogens (tertiary/aromatic N) is 2. The van der Waals surface area contributed by atoms with Crippen molar-refractivity contribution in [3.8, 4) is 5.88 Å². The molecule has 5 aromatic rings. The SMILES string of the molecule is Cc1c(CCOc2cc(C(=O)O)ccn2)c2cc(Cl)ccc2n1C(c1ccccc1)c1ccccc1. The van der Waals surface area contributed by atoms with E-state index in [0.717, 1.165) is 22.2 Å². The van der Waals surface area contributed by atoms with Crippen LogP contribution in [-0.2, 0) is 6.42 Å². The zero-order valence-corrected chi connectivity index (χ0v) is 20.5. The van der Waals surface area contributed by atoms with Gasteiger partial charge in [-0.15, -0.1) is 0 Å². The topological polar surface area (TPSA) is 64.3 Å². The van der Waals surface area contributed by atoms with Gasteiger partial charge in [-0.3, -0.25) is 0 Å². The Bertz CT molecular complexity index is 1470. The number of aromatic nitrogens is 2. The van der Waals surface area contributed by atoms with Crippen LogP contribution in [0.15, 0.2) is 97.2 Å². The molecule has 0 aliphatic carbocycles. The molecule has 0 atom stereocenters. The first-order chi connectivity index (χ1) is 17.5. The predicted molar refractivity (Wildman–Crippen MR) is 142 cm³/mol. The van der Waals surface area contributed by atoms with E-state index in [1.54, 1.807) is 0 Å². The highest BCUT2D eigenvalue weighted by atomic mass is 35.5. The minimum Gasteiger partial charge on any atom is -0.478 e. The molecule has 0 aliphatic heterocycles. The fourth-order valence-electron chi connectivity index (χ4n) is 4.77. The molecule has 0 aliphatic rings. The van der Waals surface area contributed by atoms with Gasteiger partial charge in [0.25, 0.3) is 0 Å². The van der Waals surface area contributed by atoms with Crippen LogP contribution in [-0.4, -0.2) is 27.2 Å². The maximum absolute atomic E-state index is 11.3. The monoisotopic (exact) mass is 496 g/mol. The second kappa shape index (κ2) is 10.3. The Balaban J connectivity index is 1.56. The number of carboxylic acid groups (broad SMARTS) is 1. The first kappa shape index (κ1) is 23.6. The lowest BCUT2D eigenvalue weighted by Crippen LogP contribution is -2.14. The van der Waals surface area contributed by atoms with Crippen LogP contribution < -0.4 is 4.74 Å². The Hall–Kier alpha value is -4.09. The Morgan fingerprint density at radius 1 is 0.972 bits per heavy atom. The number of carbonyl (C=O) groups is 1. The fourth-order valence-corrected chi connectivity index (χ4v) is 4.94. The molecule has 1 N–H and O–H groups in total. The van der Waals surface area contributed by atoms with Gasteiger partial charge in [-0.05, 0) is 47.9 Å². The average Bonchev–Trinajstić information content (AvgIpc) is 3.16. The molecule has 0 radical (unpaired) electrons. The lowest BCUT2D eigenvalue weighted by atomic mass is 9.98. The summed E-state index contributed by atoms with van der Waals surface area (Å²) < 4.78 is 8.23. The van der Waals surface area contributed by atoms with Crippen LogP contribution in [0.4, 0.5) is 0 Å². The molecule has 5 nitrogen and oxygen atoms in total. The van der Waals surface area contributed by atoms with E-state index in [2.05, 4.69) is 71.1 Å². The molecule has 2 heterocycles. The number of pyridine rings is 1. The summed E-state index contributed by atoms with van der Waals surface area (Å²) in [6, 6.07) is 29.8. The van der Waals surface area contributed by atoms with Crippen molar-refractivity contribution in [3.05, 3.63) is 130 Å². The molecule has 0 fully saturated rings. The summed E-state index contributed by atoms with van der Waals surface area (Å²) in [7, 11) is 0. The van der Waals surface area contributed by atoms with Crippen LogP contribution in [0.3, 0.4) is 0 Å². The van der Waals surface area contributed by atoms with Crippen LogP contribution in [0.5, 0.6) is 5.88 Å². The van der Waals surface area contributed by atoms with E-state index in [9.17, 15) is 9.90 Å². The summed E-state index contributed by atoms with van der Waals surface area (Å²) >= 11 is 6.44. The zero-order valence-electron chi connectivity index (χ0n) is 19.8. The Morgan fingerprint density at radius 2 is 1.64 bits per heavy atom. The standard InChI is InChI=1S/C30H25ClN2O3/c1-20-25(15-17-36-28-18-23(30(34)35)14-16-32-28)26-19-24(31)12-13-27(26)33(20)29(21-8-4-2-5-9-21)22-10-6-3-7-11-22/h2-14,16,18-19,29H,15,17H2,1H3,(H,34,35). The molecule has 36 heavy (non-hydrogen) atoms. The maximum atomic E-state index is 11.3. The van der Waals surface area contributed by atoms with Crippen molar-refractivity contribution in [2.24, 2.45) is 0 Å². The highest BCUT2D eigenvalue weighted by molar-refractivity contribution is 6.31. The number of hydrogen-bond acceptors (Lipinski definition) is 3. The molecule has 0 amide bonds. The smallest absolute Gasteiger partial charge is 0.335 e. The fraction of sp³-hybridized carbons (Fsp3) is 0.133. The van der Waals surface area contributed by atoms with Crippen LogP contribution in [0.25, 0.3) is 10.9 Å². The van der Waals surface area contributed by atoms with Gasteiger partial charge in [0, 0.05) is 40.3 Å². The van der Waals surface area contributed by atoms with E-state index >= 15 is 0 Å². The lowest BCUT2D eigenvalue weighted by Gasteiger charge is -2.23. The number of ether oxygens (including phenoxy) is 1. The predicted octanol–water partition coefficient (Wildman–Crippen LogP) is 6.96. The molecule has 180 valence electrons. The summed E-state index contributed by atoms with van der Waals surface area (Å²) in [6.07, 6.45) is 2.06. The van der Waals surface area contributed by atoms with Gasteiger partial charge in [-0.25, -0.2) is 9.78 Å². The quantitative estimate of drug-likeness (QED) is 0.252. The summed E-state index contributed by atoms with van der Waals surface area (Å²) in [5.41, 5.74) is 5.88. The van der Waals surface area contributed by atoms with Crippen molar-refractivity contribution in [3.63, 3.8) is 0 Å². The summed E-state index contributed by atoms with van der Waals surface area (Å²) in [5, 5.41) is 11.0. The van der Waals surface area contributed by atoms with Crippen LogP contribution in [0.2, 0.25) is 5.02 Å². The van der Waals surface area contributed by atoms with Crippen molar-refractivity contribution in [1.82, 2.24) is 9.55 Å². The summed E-state index contributed by atoms with van der Waals surface area (Å²) in [4.78, 5) is 15.4. The summed E-state index contributed by atoms with van der Waals surface area (Å²) in [5.74, 6) is -0.718. The second-order valence-corrected chi connectivity index (χ2v) is 9.04. The van der Waals surface area contributed by atoms with Gasteiger partial charge in [0.15, 0.2) is 0 Å². The highest BCUT2D eigenvalue weighted by Gasteiger charge is 2.23. The minimum absolute atomic E-state index is 0.0142. The number of benzene rings is 3. The van der Waals surface area contributed by atoms with Gasteiger partial charge in [-0.1, -0.05) is 72.3 Å². The molecule has 0 saturated carbocycles. The van der Waals surface area contributed by atoms with Crippen LogP contribution in [0.1, 0.15) is 38.8 Å². The van der Waals surface area contributed by atoms with E-state index in [0.29, 0.717) is 23.9 Å². The molecular weight excluding hydrogens is 472 g/mol. The van der Waals surface area contributed by atoms with Crippen LogP contribution >= 0.6 is 11.6 Å².